The predicted octanol–water partition coefficient (Wildman–Crippen LogP) is -7.24. The Morgan fingerprint density at radius 1 is 0.474 bits per heavy atom. The van der Waals surface area contributed by atoms with Gasteiger partial charge in [-0.25, -0.2) is 0 Å². The highest BCUT2D eigenvalue weighted by atomic mass is 13.2. The first-order valence-electron chi connectivity index (χ1n) is 6.00. The first-order valence-corrected chi connectivity index (χ1v) is 6.00. The van der Waals surface area contributed by atoms with Crippen molar-refractivity contribution in [3.63, 3.8) is 0 Å². The Balaban J connectivity index is 5.50. The predicted molar refractivity (Wildman–Crippen MR) is 109 cm³/mol. The second-order valence-electron chi connectivity index (χ2n) is 4.81. The molecule has 19 heavy (non-hydrogen) atoms. The zero-order valence-electron chi connectivity index (χ0n) is 11.0. The molecule has 0 unspecified atom stereocenters. The Morgan fingerprint density at radius 2 is 0.737 bits per heavy atom. The van der Waals surface area contributed by atoms with E-state index in [9.17, 15) is 0 Å². The smallest absolute Gasteiger partial charge is 0 e. The van der Waals surface area contributed by atoms with Crippen molar-refractivity contribution in [3.05, 3.63) is 0 Å². The first-order chi connectivity index (χ1) is 8.64. The quantitative estimate of drug-likeness (QED) is 0.346. The van der Waals surface area contributed by atoms with Gasteiger partial charge >= 0.3 is 0 Å². The molecule has 0 spiro atoms. The van der Waals surface area contributed by atoms with E-state index in [-0.39, 0.29) is 0 Å². The molecule has 0 atom stereocenters. The van der Waals surface area contributed by atoms with Crippen molar-refractivity contribution in [1.82, 2.24) is 0 Å². The average molecular weight is 205 g/mol. The Kier molecular flexibility index (Phi) is 9.90. The SMILES string of the molecule is [B][B]B([B])B(B(B([B])[B])B([B])[B])B(B([B])[B])B([B])[B]. The molecule has 0 N–H and O–H groups in total. The van der Waals surface area contributed by atoms with Crippen molar-refractivity contribution >= 4 is 136 Å². The summed E-state index contributed by atoms with van der Waals surface area (Å²) in [5, 5.41) is 0. The molecule has 0 rings (SSSR count). The Labute approximate surface area is 135 Å². The second kappa shape index (κ2) is 9.29. The van der Waals surface area contributed by atoms with Crippen LogP contribution in [0.15, 0.2) is 0 Å². The van der Waals surface area contributed by atoms with E-state index in [4.69, 9.17) is 77.4 Å². The molecule has 0 aliphatic rings. The van der Waals surface area contributed by atoms with Gasteiger partial charge in [0.2, 0.25) is 0 Å². The van der Waals surface area contributed by atoms with Gasteiger partial charge < -0.3 is 0 Å². The summed E-state index contributed by atoms with van der Waals surface area (Å²) in [4.78, 5) is 0. The van der Waals surface area contributed by atoms with Gasteiger partial charge in [-0.1, -0.05) is 0 Å². The molecule has 0 aromatic heterocycles. The number of hydrogen-bond acceptors (Lipinski definition) is 0. The molecule has 0 aromatic rings. The van der Waals surface area contributed by atoms with Gasteiger partial charge in [0.25, 0.3) is 0 Å². The van der Waals surface area contributed by atoms with Crippen molar-refractivity contribution in [1.29, 1.82) is 0 Å². The standard InChI is InChI=1S/B19/c1-11-16(10)19(17(12(2)3)13(4)5)18(14(6)7)15(8)9. The lowest BCUT2D eigenvalue weighted by atomic mass is 8.40. The van der Waals surface area contributed by atoms with Gasteiger partial charge in [0, 0.05) is 136 Å². The fourth-order valence-electron chi connectivity index (χ4n) is 2.44. The fraction of sp³-hybridized carbons (Fsp3) is 0. The monoisotopic (exact) mass is 209 g/mol. The minimum atomic E-state index is -0.837. The Hall–Kier alpha value is 1.23. The summed E-state index contributed by atoms with van der Waals surface area (Å²) in [6.07, 6.45) is -5.72. The molecular weight excluding hydrogens is 205 g/mol. The third kappa shape index (κ3) is 5.86. The van der Waals surface area contributed by atoms with Crippen LogP contribution < -0.4 is 0 Å². The normalized spacial score (nSPS) is 9.05. The minimum absolute atomic E-state index is 0.537. The molecule has 0 amide bonds. The van der Waals surface area contributed by atoms with E-state index in [1.165, 1.54) is 7.06 Å². The van der Waals surface area contributed by atoms with Crippen molar-refractivity contribution in [2.24, 2.45) is 0 Å². The highest BCUT2D eigenvalue weighted by Crippen LogP contribution is 2.04. The summed E-state index contributed by atoms with van der Waals surface area (Å²) in [5.74, 6) is 0. The molecule has 0 aromatic carbocycles. The average Bonchev–Trinajstić information content (AvgIpc) is 2.24. The van der Waals surface area contributed by atoms with E-state index >= 15 is 0 Å². The van der Waals surface area contributed by atoms with Crippen molar-refractivity contribution in [2.45, 2.75) is 0 Å². The Bertz CT molecular complexity index is 188. The molecule has 57 valence electrons. The first kappa shape index (κ1) is 20.2. The molecule has 0 fully saturated rings. The second-order valence-corrected chi connectivity index (χ2v) is 4.81. The van der Waals surface area contributed by atoms with Crippen LogP contribution in [0.5, 0.6) is 0 Å². The van der Waals surface area contributed by atoms with Crippen LogP contribution >= 0.6 is 0 Å². The fourth-order valence-corrected chi connectivity index (χ4v) is 2.44. The van der Waals surface area contributed by atoms with Crippen LogP contribution in [0.4, 0.5) is 0 Å². The maximum absolute atomic E-state index is 5.95. The molecule has 0 aliphatic carbocycles. The van der Waals surface area contributed by atoms with Crippen molar-refractivity contribution < 1.29 is 0 Å². The minimum Gasteiger partial charge on any atom is 0 e. The van der Waals surface area contributed by atoms with Gasteiger partial charge in [-0.05, 0) is 0 Å². The summed E-state index contributed by atoms with van der Waals surface area (Å²) in [5.41, 5.74) is 0. The van der Waals surface area contributed by atoms with Gasteiger partial charge in [0.1, 0.15) is 0 Å². The largest absolute Gasteiger partial charge is 0 e. The zero-order valence-corrected chi connectivity index (χ0v) is 11.0. The summed E-state index contributed by atoms with van der Waals surface area (Å²) >= 11 is 0. The van der Waals surface area contributed by atoms with Crippen LogP contribution in [0.2, 0.25) is 0 Å². The third-order valence-electron chi connectivity index (χ3n) is 3.33. The molecule has 0 heterocycles. The molecule has 19 heteroatoms. The van der Waals surface area contributed by atoms with E-state index in [1.54, 1.807) is 0 Å². The van der Waals surface area contributed by atoms with Gasteiger partial charge in [-0.15, -0.1) is 0 Å². The maximum Gasteiger partial charge on any atom is 0 e. The molecule has 0 saturated carbocycles. The van der Waals surface area contributed by atoms with E-state index in [0.717, 1.165) is 0 Å². The van der Waals surface area contributed by atoms with Crippen molar-refractivity contribution in [3.8, 4) is 0 Å². The zero-order chi connectivity index (χ0) is 15.3. The lowest BCUT2D eigenvalue weighted by molar-refractivity contribution is 3.34. The van der Waals surface area contributed by atoms with Gasteiger partial charge in [-0.3, -0.25) is 0 Å². The number of rotatable bonds is 8. The van der Waals surface area contributed by atoms with E-state index in [2.05, 4.69) is 0 Å². The molecule has 0 bridgehead atoms. The topological polar surface area (TPSA) is 0 Å². The van der Waals surface area contributed by atoms with Crippen LogP contribution in [-0.2, 0) is 0 Å². The molecule has 21 radical (unpaired) electrons. The van der Waals surface area contributed by atoms with Crippen LogP contribution in [-0.4, -0.2) is 136 Å². The van der Waals surface area contributed by atoms with Gasteiger partial charge in [0.15, 0.2) is 0 Å². The van der Waals surface area contributed by atoms with Crippen molar-refractivity contribution in [2.75, 3.05) is 0 Å². The molecule has 0 nitrogen and oxygen atoms in total. The van der Waals surface area contributed by atoms with Gasteiger partial charge in [-0.2, -0.15) is 0 Å². The Morgan fingerprint density at radius 3 is 0.895 bits per heavy atom. The highest BCUT2D eigenvalue weighted by Gasteiger charge is 2.42. The lowest BCUT2D eigenvalue weighted by Gasteiger charge is -2.41. The van der Waals surface area contributed by atoms with Crippen LogP contribution in [0.1, 0.15) is 0 Å². The third-order valence-corrected chi connectivity index (χ3v) is 3.33. The summed E-state index contributed by atoms with van der Waals surface area (Å²) in [7, 11) is 58.4. The van der Waals surface area contributed by atoms with E-state index < -0.39 is 51.1 Å². The summed E-state index contributed by atoms with van der Waals surface area (Å²) in [6, 6.07) is 0. The van der Waals surface area contributed by atoms with E-state index in [1.807, 2.05) is 0 Å². The lowest BCUT2D eigenvalue weighted by Crippen LogP contribution is -2.79. The van der Waals surface area contributed by atoms with Crippen LogP contribution in [0.25, 0.3) is 0 Å². The molecule has 0 saturated heterocycles. The molecule has 0 aliphatic heterocycles. The molecular formula is B19. The maximum atomic E-state index is 5.95. The summed E-state index contributed by atoms with van der Waals surface area (Å²) < 4.78 is 0. The summed E-state index contributed by atoms with van der Waals surface area (Å²) in [6.45, 7) is 0. The number of hydrogen-bond donors (Lipinski definition) is 0. The van der Waals surface area contributed by atoms with Gasteiger partial charge in [0.05, 0.1) is 0 Å². The van der Waals surface area contributed by atoms with Crippen LogP contribution in [0.3, 0.4) is 0 Å². The van der Waals surface area contributed by atoms with E-state index in [0.29, 0.717) is 0 Å². The highest BCUT2D eigenvalue weighted by molar-refractivity contribution is 8.18. The van der Waals surface area contributed by atoms with Crippen LogP contribution in [0, 0.1) is 0 Å².